The molecule has 134 valence electrons. The van der Waals surface area contributed by atoms with Gasteiger partial charge in [-0.25, -0.2) is 0 Å². The first kappa shape index (κ1) is 27.6. The first-order valence-corrected chi connectivity index (χ1v) is 8.03. The van der Waals surface area contributed by atoms with E-state index >= 15 is 0 Å². The van der Waals surface area contributed by atoms with Crippen molar-refractivity contribution in [3.63, 3.8) is 0 Å². The molecule has 2 N–H and O–H groups in total. The van der Waals surface area contributed by atoms with Gasteiger partial charge in [-0.2, -0.15) is 0 Å². The molecule has 0 spiro atoms. The van der Waals surface area contributed by atoms with E-state index in [9.17, 15) is 9.59 Å². The molecule has 0 aromatic heterocycles. The quantitative estimate of drug-likeness (QED) is 0.181. The van der Waals surface area contributed by atoms with Crippen LogP contribution in [0.2, 0.25) is 0 Å². The summed E-state index contributed by atoms with van der Waals surface area (Å²) >= 11 is 0. The molecule has 0 aromatic carbocycles. The number of hydrogen-bond donors (Lipinski definition) is 2. The molecule has 6 heteroatoms. The van der Waals surface area contributed by atoms with E-state index in [1.165, 1.54) is 22.6 Å². The first-order valence-electron chi connectivity index (χ1n) is 8.03. The van der Waals surface area contributed by atoms with Crippen LogP contribution in [-0.4, -0.2) is 52.8 Å². The predicted octanol–water partition coefficient (Wildman–Crippen LogP) is -6.46. The largest absolute Gasteiger partial charge is 1.00 e. The topological polar surface area (TPSA) is 43.0 Å². The van der Waals surface area contributed by atoms with Crippen LogP contribution < -0.4 is 57.8 Å². The molecule has 22 heavy (non-hydrogen) atoms. The number of Topliss-reactive ketones (excluding diaryl/α,β-unsaturated/α-hetero) is 2. The van der Waals surface area contributed by atoms with Crippen molar-refractivity contribution in [1.29, 1.82) is 0 Å². The summed E-state index contributed by atoms with van der Waals surface area (Å²) in [4.78, 5) is 25.4. The SMILES string of the molecule is C[NH+](C)CC(=O)CCCCCCCCC(=O)C[NH+](C)C.[I-].[I-]. The van der Waals surface area contributed by atoms with Crippen LogP contribution in [-0.2, 0) is 9.59 Å². The summed E-state index contributed by atoms with van der Waals surface area (Å²) in [5.41, 5.74) is 0. The van der Waals surface area contributed by atoms with Gasteiger partial charge in [-0.05, 0) is 12.8 Å². The number of carbonyl (C=O) groups is 2. The van der Waals surface area contributed by atoms with Crippen molar-refractivity contribution in [3.8, 4) is 0 Å². The summed E-state index contributed by atoms with van der Waals surface area (Å²) in [6.07, 6.45) is 8.17. The van der Waals surface area contributed by atoms with Crippen LogP contribution in [0.15, 0.2) is 0 Å². The van der Waals surface area contributed by atoms with E-state index in [1.807, 2.05) is 28.2 Å². The molecule has 0 saturated carbocycles. The third kappa shape index (κ3) is 20.7. The maximum absolute atomic E-state index is 11.5. The Balaban J connectivity index is -0.00000180. The number of halogens is 2. The van der Waals surface area contributed by atoms with Gasteiger partial charge in [0.25, 0.3) is 0 Å². The molecule has 0 fully saturated rings. The molecule has 0 atom stereocenters. The number of carbonyl (C=O) groups excluding carboxylic acids is 2. The number of hydrogen-bond acceptors (Lipinski definition) is 2. The van der Waals surface area contributed by atoms with Gasteiger partial charge in [0.1, 0.15) is 13.1 Å². The number of rotatable bonds is 13. The molecule has 0 rings (SSSR count). The highest BCUT2D eigenvalue weighted by Crippen LogP contribution is 2.08. The average molecular weight is 540 g/mol. The summed E-state index contributed by atoms with van der Waals surface area (Å²) in [6, 6.07) is 0. The smallest absolute Gasteiger partial charge is 0.186 e. The van der Waals surface area contributed by atoms with E-state index in [4.69, 9.17) is 0 Å². The van der Waals surface area contributed by atoms with E-state index in [-0.39, 0.29) is 48.0 Å². The Morgan fingerprint density at radius 3 is 1.14 bits per heavy atom. The Morgan fingerprint density at radius 1 is 0.591 bits per heavy atom. The third-order valence-electron chi connectivity index (χ3n) is 3.26. The van der Waals surface area contributed by atoms with E-state index < -0.39 is 0 Å². The molecule has 0 saturated heterocycles. The summed E-state index contributed by atoms with van der Waals surface area (Å²) in [5.74, 6) is 0.753. The van der Waals surface area contributed by atoms with Gasteiger partial charge in [-0.1, -0.05) is 25.7 Å². The second-order valence-electron chi connectivity index (χ2n) is 6.47. The lowest BCUT2D eigenvalue weighted by Gasteiger charge is -2.06. The average Bonchev–Trinajstić information content (AvgIpc) is 2.30. The van der Waals surface area contributed by atoms with E-state index in [0.29, 0.717) is 24.7 Å². The zero-order chi connectivity index (χ0) is 15.4. The molecule has 0 amide bonds. The van der Waals surface area contributed by atoms with Crippen molar-refractivity contribution < 1.29 is 67.3 Å². The second kappa shape index (κ2) is 18.1. The fraction of sp³-hybridized carbons (Fsp3) is 0.875. The van der Waals surface area contributed by atoms with Crippen molar-refractivity contribution in [1.82, 2.24) is 0 Å². The van der Waals surface area contributed by atoms with Crippen LogP contribution >= 0.6 is 0 Å². The van der Waals surface area contributed by atoms with Gasteiger partial charge in [-0.15, -0.1) is 0 Å². The Kier molecular flexibility index (Phi) is 22.6. The molecule has 0 aliphatic rings. The van der Waals surface area contributed by atoms with Crippen molar-refractivity contribution in [3.05, 3.63) is 0 Å². The van der Waals surface area contributed by atoms with Crippen LogP contribution in [0.5, 0.6) is 0 Å². The van der Waals surface area contributed by atoms with Gasteiger partial charge >= 0.3 is 0 Å². The van der Waals surface area contributed by atoms with E-state index in [0.717, 1.165) is 38.5 Å². The number of quaternary nitrogens is 2. The maximum Gasteiger partial charge on any atom is 0.186 e. The van der Waals surface area contributed by atoms with Crippen molar-refractivity contribution in [2.45, 2.75) is 51.4 Å². The zero-order valence-electron chi connectivity index (χ0n) is 14.6. The lowest BCUT2D eigenvalue weighted by atomic mass is 10.1. The molecule has 0 aliphatic heterocycles. The number of nitrogens with one attached hydrogen (secondary N) is 2. The van der Waals surface area contributed by atoms with Gasteiger partial charge in [0.2, 0.25) is 0 Å². The summed E-state index contributed by atoms with van der Waals surface area (Å²) in [6.45, 7) is 1.30. The summed E-state index contributed by atoms with van der Waals surface area (Å²) < 4.78 is 0. The summed E-state index contributed by atoms with van der Waals surface area (Å²) in [7, 11) is 8.04. The maximum atomic E-state index is 11.5. The van der Waals surface area contributed by atoms with Crippen LogP contribution in [0, 0.1) is 0 Å². The Hall–Kier alpha value is 0.720. The highest BCUT2D eigenvalue weighted by molar-refractivity contribution is 5.79. The molecule has 0 aromatic rings. The molecule has 0 heterocycles. The Morgan fingerprint density at radius 2 is 0.864 bits per heavy atom. The molecular weight excluding hydrogens is 506 g/mol. The summed E-state index contributed by atoms with van der Waals surface area (Å²) in [5, 5.41) is 0. The minimum absolute atomic E-state index is 0. The van der Waals surface area contributed by atoms with Gasteiger partial charge < -0.3 is 57.8 Å². The van der Waals surface area contributed by atoms with Gasteiger partial charge in [0, 0.05) is 12.8 Å². The highest BCUT2D eigenvalue weighted by atomic mass is 127. The minimum atomic E-state index is 0. The number of likely N-dealkylation sites (N-methyl/N-ethyl adjacent to an activating group) is 2. The van der Waals surface area contributed by atoms with Crippen molar-refractivity contribution in [2.75, 3.05) is 41.3 Å². The van der Waals surface area contributed by atoms with Crippen molar-refractivity contribution in [2.24, 2.45) is 0 Å². The molecule has 0 unspecified atom stereocenters. The standard InChI is InChI=1S/C16H32N2O2.2HI/c1-17(2)13-15(19)11-9-7-5-6-8-10-12-16(20)14-18(3)4;;/h5-14H2,1-4H3;2*1H. The molecule has 0 bridgehead atoms. The van der Waals surface area contributed by atoms with E-state index in [1.54, 1.807) is 0 Å². The number of unbranched alkanes of at least 4 members (excludes halogenated alkanes) is 5. The van der Waals surface area contributed by atoms with Crippen LogP contribution in [0.25, 0.3) is 0 Å². The lowest BCUT2D eigenvalue weighted by molar-refractivity contribution is -0.849. The van der Waals surface area contributed by atoms with Crippen LogP contribution in [0.4, 0.5) is 0 Å². The molecular formula is C16H34I2N2O2. The fourth-order valence-electron chi connectivity index (χ4n) is 2.32. The Labute approximate surface area is 170 Å². The molecule has 0 aliphatic carbocycles. The first-order chi connectivity index (χ1) is 9.41. The van der Waals surface area contributed by atoms with E-state index in [2.05, 4.69) is 0 Å². The van der Waals surface area contributed by atoms with Crippen molar-refractivity contribution >= 4 is 11.6 Å². The molecule has 0 radical (unpaired) electrons. The molecule has 4 nitrogen and oxygen atoms in total. The lowest BCUT2D eigenvalue weighted by Crippen LogP contribution is -3.06. The van der Waals surface area contributed by atoms with Crippen LogP contribution in [0.3, 0.4) is 0 Å². The number of ketones is 2. The van der Waals surface area contributed by atoms with Gasteiger partial charge in [0.05, 0.1) is 28.2 Å². The highest BCUT2D eigenvalue weighted by Gasteiger charge is 2.06. The van der Waals surface area contributed by atoms with Gasteiger partial charge in [-0.3, -0.25) is 9.59 Å². The minimum Gasteiger partial charge on any atom is -1.00 e. The fourth-order valence-corrected chi connectivity index (χ4v) is 2.32. The van der Waals surface area contributed by atoms with Gasteiger partial charge in [0.15, 0.2) is 11.6 Å². The Bertz CT molecular complexity index is 257. The monoisotopic (exact) mass is 540 g/mol. The van der Waals surface area contributed by atoms with Crippen LogP contribution in [0.1, 0.15) is 51.4 Å². The normalized spacial score (nSPS) is 10.3. The third-order valence-corrected chi connectivity index (χ3v) is 3.26. The second-order valence-corrected chi connectivity index (χ2v) is 6.47. The predicted molar refractivity (Wildman–Crippen MR) is 82.3 cm³/mol. The zero-order valence-corrected chi connectivity index (χ0v) is 19.0.